The molecule has 2 saturated heterocycles. The smallest absolute Gasteiger partial charge is 0.0145 e. The van der Waals surface area contributed by atoms with Crippen molar-refractivity contribution < 1.29 is 0 Å². The van der Waals surface area contributed by atoms with Crippen molar-refractivity contribution in [3.63, 3.8) is 0 Å². The zero-order chi connectivity index (χ0) is 20.6. The molecule has 166 valence electrons. The third-order valence-electron chi connectivity index (χ3n) is 7.53. The van der Waals surface area contributed by atoms with Gasteiger partial charge in [0.05, 0.1) is 0 Å². The van der Waals surface area contributed by atoms with Gasteiger partial charge in [0.25, 0.3) is 0 Å². The first-order valence-corrected chi connectivity index (χ1v) is 12.8. The lowest BCUT2D eigenvalue weighted by Crippen LogP contribution is -2.62. The molecule has 0 radical (unpaired) electrons. The Hall–Kier alpha value is -0.0800. The van der Waals surface area contributed by atoms with E-state index in [1.54, 1.807) is 0 Å². The number of likely N-dealkylation sites (tertiary alicyclic amines) is 1. The Labute approximate surface area is 177 Å². The van der Waals surface area contributed by atoms with Crippen molar-refractivity contribution in [2.75, 3.05) is 6.54 Å². The first kappa shape index (κ1) is 24.2. The molecule has 2 unspecified atom stereocenters. The second-order valence-corrected chi connectivity index (χ2v) is 11.5. The lowest BCUT2D eigenvalue weighted by atomic mass is 9.78. The maximum atomic E-state index is 3.86. The summed E-state index contributed by atoms with van der Waals surface area (Å²) in [6.45, 7) is 15.7. The molecule has 0 aliphatic carbocycles. The highest BCUT2D eigenvalue weighted by molar-refractivity contribution is 5.02. The van der Waals surface area contributed by atoms with Crippen LogP contribution in [0.3, 0.4) is 0 Å². The molecular weight excluding hydrogens is 340 g/mol. The Kier molecular flexibility index (Phi) is 9.81. The van der Waals surface area contributed by atoms with E-state index in [4.69, 9.17) is 0 Å². The van der Waals surface area contributed by atoms with Gasteiger partial charge in [-0.2, -0.15) is 0 Å². The summed E-state index contributed by atoms with van der Waals surface area (Å²) in [7, 11) is 0. The first-order chi connectivity index (χ1) is 13.2. The highest BCUT2D eigenvalue weighted by Crippen LogP contribution is 2.37. The van der Waals surface area contributed by atoms with E-state index < -0.39 is 0 Å². The van der Waals surface area contributed by atoms with E-state index in [1.807, 2.05) is 0 Å². The fraction of sp³-hybridized carbons (Fsp3) is 1.00. The summed E-state index contributed by atoms with van der Waals surface area (Å²) in [4.78, 5) is 2.88. The van der Waals surface area contributed by atoms with Gasteiger partial charge >= 0.3 is 0 Å². The van der Waals surface area contributed by atoms with Crippen LogP contribution in [0.1, 0.15) is 131 Å². The summed E-state index contributed by atoms with van der Waals surface area (Å²) < 4.78 is 0. The third-order valence-corrected chi connectivity index (χ3v) is 7.53. The van der Waals surface area contributed by atoms with E-state index in [2.05, 4.69) is 51.8 Å². The van der Waals surface area contributed by atoms with E-state index in [0.717, 1.165) is 18.0 Å². The average molecular weight is 393 g/mol. The van der Waals surface area contributed by atoms with Crippen molar-refractivity contribution in [3.8, 4) is 0 Å². The van der Waals surface area contributed by atoms with Gasteiger partial charge in [-0.1, -0.05) is 71.1 Å². The normalized spacial score (nSPS) is 28.1. The number of unbranched alkanes of at least 4 members (excludes halogenated alkanes) is 9. The second kappa shape index (κ2) is 11.3. The number of nitrogens with zero attached hydrogens (tertiary/aromatic N) is 1. The molecule has 1 N–H and O–H groups in total. The van der Waals surface area contributed by atoms with Crippen LogP contribution in [0.4, 0.5) is 0 Å². The highest BCUT2D eigenvalue weighted by atomic mass is 15.2. The van der Waals surface area contributed by atoms with Gasteiger partial charge < -0.3 is 5.32 Å². The van der Waals surface area contributed by atoms with E-state index in [-0.39, 0.29) is 11.1 Å². The molecule has 0 saturated carbocycles. The molecular formula is C26H52N2. The fourth-order valence-electron chi connectivity index (χ4n) is 6.33. The SMILES string of the molecule is CCCCCCCCCCCCC1CCN(C2CC(C)(C)NC(C)(C)C2)C1C. The zero-order valence-corrected chi connectivity index (χ0v) is 20.3. The van der Waals surface area contributed by atoms with Crippen molar-refractivity contribution in [1.82, 2.24) is 10.2 Å². The van der Waals surface area contributed by atoms with Crippen LogP contribution in [0.15, 0.2) is 0 Å². The van der Waals surface area contributed by atoms with Gasteiger partial charge in [-0.05, 0) is 72.8 Å². The minimum atomic E-state index is 0.265. The summed E-state index contributed by atoms with van der Waals surface area (Å²) >= 11 is 0. The van der Waals surface area contributed by atoms with Crippen LogP contribution < -0.4 is 5.32 Å². The third kappa shape index (κ3) is 7.98. The maximum Gasteiger partial charge on any atom is 0.0145 e. The number of rotatable bonds is 12. The molecule has 2 atom stereocenters. The topological polar surface area (TPSA) is 15.3 Å². The van der Waals surface area contributed by atoms with E-state index in [1.165, 1.54) is 96.4 Å². The molecule has 0 spiro atoms. The minimum absolute atomic E-state index is 0.265. The molecule has 2 rings (SSSR count). The van der Waals surface area contributed by atoms with Crippen LogP contribution in [0, 0.1) is 5.92 Å². The number of nitrogens with one attached hydrogen (secondary N) is 1. The van der Waals surface area contributed by atoms with E-state index in [9.17, 15) is 0 Å². The molecule has 2 heterocycles. The predicted octanol–water partition coefficient (Wildman–Crippen LogP) is 7.32. The van der Waals surface area contributed by atoms with E-state index >= 15 is 0 Å². The molecule has 2 aliphatic heterocycles. The van der Waals surface area contributed by atoms with Gasteiger partial charge in [0.15, 0.2) is 0 Å². The fourth-order valence-corrected chi connectivity index (χ4v) is 6.33. The Morgan fingerprint density at radius 1 is 0.786 bits per heavy atom. The van der Waals surface area contributed by atoms with Crippen molar-refractivity contribution in [3.05, 3.63) is 0 Å². The average Bonchev–Trinajstić information content (AvgIpc) is 2.94. The number of piperidine rings is 1. The quantitative estimate of drug-likeness (QED) is 0.350. The summed E-state index contributed by atoms with van der Waals surface area (Å²) in [5.41, 5.74) is 0.529. The molecule has 2 aliphatic rings. The molecule has 2 heteroatoms. The molecule has 0 amide bonds. The maximum absolute atomic E-state index is 3.86. The largest absolute Gasteiger partial charge is 0.307 e. The predicted molar refractivity (Wildman–Crippen MR) is 125 cm³/mol. The molecule has 0 aromatic rings. The molecule has 0 aromatic heterocycles. The van der Waals surface area contributed by atoms with Crippen LogP contribution >= 0.6 is 0 Å². The Morgan fingerprint density at radius 3 is 1.82 bits per heavy atom. The van der Waals surface area contributed by atoms with Gasteiger partial charge in [0.2, 0.25) is 0 Å². The molecule has 28 heavy (non-hydrogen) atoms. The summed E-state index contributed by atoms with van der Waals surface area (Å²) in [6, 6.07) is 1.55. The van der Waals surface area contributed by atoms with Crippen molar-refractivity contribution in [2.24, 2.45) is 5.92 Å². The van der Waals surface area contributed by atoms with Crippen molar-refractivity contribution in [2.45, 2.75) is 155 Å². The number of hydrogen-bond donors (Lipinski definition) is 1. The Morgan fingerprint density at radius 2 is 1.29 bits per heavy atom. The number of hydrogen-bond acceptors (Lipinski definition) is 2. The van der Waals surface area contributed by atoms with Gasteiger partial charge in [-0.3, -0.25) is 4.90 Å². The van der Waals surface area contributed by atoms with Crippen LogP contribution in [-0.2, 0) is 0 Å². The summed E-state index contributed by atoms with van der Waals surface area (Å²) in [5, 5.41) is 3.86. The zero-order valence-electron chi connectivity index (χ0n) is 20.3. The van der Waals surface area contributed by atoms with E-state index in [0.29, 0.717) is 0 Å². The lowest BCUT2D eigenvalue weighted by molar-refractivity contribution is 0.0565. The monoisotopic (exact) mass is 392 g/mol. The van der Waals surface area contributed by atoms with Crippen LogP contribution in [0.25, 0.3) is 0 Å². The standard InChI is InChI=1S/C26H52N2/c1-7-8-9-10-11-12-13-14-15-16-17-23-18-19-28(22(23)2)24-20-25(3,4)27-26(5,6)21-24/h22-24,27H,7-21H2,1-6H3. The van der Waals surface area contributed by atoms with Crippen LogP contribution in [0.5, 0.6) is 0 Å². The van der Waals surface area contributed by atoms with Crippen molar-refractivity contribution >= 4 is 0 Å². The second-order valence-electron chi connectivity index (χ2n) is 11.5. The molecule has 2 nitrogen and oxygen atoms in total. The first-order valence-electron chi connectivity index (χ1n) is 12.8. The van der Waals surface area contributed by atoms with Gasteiger partial charge in [0.1, 0.15) is 0 Å². The van der Waals surface area contributed by atoms with Gasteiger partial charge in [0, 0.05) is 23.2 Å². The van der Waals surface area contributed by atoms with Crippen molar-refractivity contribution in [1.29, 1.82) is 0 Å². The Balaban J connectivity index is 1.61. The molecule has 0 bridgehead atoms. The van der Waals surface area contributed by atoms with Crippen LogP contribution in [-0.4, -0.2) is 34.6 Å². The van der Waals surface area contributed by atoms with Gasteiger partial charge in [-0.15, -0.1) is 0 Å². The lowest BCUT2D eigenvalue weighted by Gasteiger charge is -2.50. The highest BCUT2D eigenvalue weighted by Gasteiger charge is 2.43. The minimum Gasteiger partial charge on any atom is -0.307 e. The summed E-state index contributed by atoms with van der Waals surface area (Å²) in [5.74, 6) is 0.940. The van der Waals surface area contributed by atoms with Gasteiger partial charge in [-0.25, -0.2) is 0 Å². The molecule has 0 aromatic carbocycles. The Bertz CT molecular complexity index is 412. The molecule has 2 fully saturated rings. The van der Waals surface area contributed by atoms with Crippen LogP contribution in [0.2, 0.25) is 0 Å². The summed E-state index contributed by atoms with van der Waals surface area (Å²) in [6.07, 6.45) is 20.0.